The van der Waals surface area contributed by atoms with Crippen LogP contribution >= 0.6 is 11.8 Å². The van der Waals surface area contributed by atoms with E-state index in [9.17, 15) is 4.79 Å². The quantitative estimate of drug-likeness (QED) is 0.800. The van der Waals surface area contributed by atoms with E-state index < -0.39 is 11.2 Å². The van der Waals surface area contributed by atoms with Crippen LogP contribution in [0.1, 0.15) is 24.6 Å². The summed E-state index contributed by atoms with van der Waals surface area (Å²) in [6.07, 6.45) is 0.606. The number of aryl methyl sites for hydroxylation is 2. The predicted octanol–water partition coefficient (Wildman–Crippen LogP) is 2.65. The van der Waals surface area contributed by atoms with Crippen molar-refractivity contribution in [3.63, 3.8) is 0 Å². The van der Waals surface area contributed by atoms with Gasteiger partial charge in [0.05, 0.1) is 5.03 Å². The Bertz CT molecular complexity index is 345. The lowest BCUT2D eigenvalue weighted by Gasteiger charge is -2.09. The molecule has 0 fully saturated rings. The third-order valence-corrected chi connectivity index (χ3v) is 3.25. The zero-order valence-corrected chi connectivity index (χ0v) is 9.97. The Morgan fingerprint density at radius 3 is 2.67 bits per heavy atom. The number of pyridine rings is 1. The average Bonchev–Trinajstić information content (AvgIpc) is 2.12. The number of carbonyl (C=O) groups is 1. The van der Waals surface area contributed by atoms with E-state index in [4.69, 9.17) is 5.11 Å². The summed E-state index contributed by atoms with van der Waals surface area (Å²) in [5.74, 6) is -0.775. The molecule has 1 aromatic heterocycles. The zero-order valence-electron chi connectivity index (χ0n) is 9.15. The first-order chi connectivity index (χ1) is 7.02. The minimum atomic E-state index is -0.775. The molecule has 0 saturated carbocycles. The summed E-state index contributed by atoms with van der Waals surface area (Å²) in [5.41, 5.74) is 2.04. The fraction of sp³-hybridized carbons (Fsp3) is 0.455. The molecule has 0 saturated heterocycles. The Morgan fingerprint density at radius 2 is 2.20 bits per heavy atom. The van der Waals surface area contributed by atoms with Gasteiger partial charge in [0.15, 0.2) is 0 Å². The number of rotatable bonds is 4. The van der Waals surface area contributed by atoms with Crippen LogP contribution in [0.3, 0.4) is 0 Å². The molecule has 0 aliphatic rings. The van der Waals surface area contributed by atoms with Gasteiger partial charge in [-0.3, -0.25) is 4.79 Å². The van der Waals surface area contributed by atoms with Gasteiger partial charge in [0, 0.05) is 5.69 Å². The lowest BCUT2D eigenvalue weighted by molar-refractivity contribution is -0.136. The predicted molar refractivity (Wildman–Crippen MR) is 61.3 cm³/mol. The minimum Gasteiger partial charge on any atom is -0.480 e. The van der Waals surface area contributed by atoms with Gasteiger partial charge in [0.2, 0.25) is 0 Å². The van der Waals surface area contributed by atoms with Crippen molar-refractivity contribution in [1.29, 1.82) is 0 Å². The maximum absolute atomic E-state index is 10.9. The monoisotopic (exact) mass is 225 g/mol. The first-order valence-electron chi connectivity index (χ1n) is 4.87. The first-order valence-corrected chi connectivity index (χ1v) is 5.75. The largest absolute Gasteiger partial charge is 0.480 e. The molecule has 0 aliphatic carbocycles. The highest BCUT2D eigenvalue weighted by Gasteiger charge is 2.17. The van der Waals surface area contributed by atoms with E-state index in [0.717, 1.165) is 16.3 Å². The molecule has 1 N–H and O–H groups in total. The molecule has 15 heavy (non-hydrogen) atoms. The lowest BCUT2D eigenvalue weighted by atomic mass is 10.3. The van der Waals surface area contributed by atoms with E-state index in [1.807, 2.05) is 32.9 Å². The third-order valence-electron chi connectivity index (χ3n) is 1.98. The maximum Gasteiger partial charge on any atom is 0.317 e. The van der Waals surface area contributed by atoms with Crippen LogP contribution in [-0.2, 0) is 4.79 Å². The van der Waals surface area contributed by atoms with Crippen LogP contribution in [0.5, 0.6) is 0 Å². The first kappa shape index (κ1) is 12.0. The second-order valence-electron chi connectivity index (χ2n) is 3.48. The van der Waals surface area contributed by atoms with Crippen LogP contribution in [0.15, 0.2) is 17.2 Å². The molecule has 0 radical (unpaired) electrons. The van der Waals surface area contributed by atoms with Crippen molar-refractivity contribution in [3.05, 3.63) is 23.4 Å². The summed E-state index contributed by atoms with van der Waals surface area (Å²) in [6, 6.07) is 3.90. The van der Waals surface area contributed by atoms with Gasteiger partial charge in [0.1, 0.15) is 5.25 Å². The van der Waals surface area contributed by atoms with Crippen molar-refractivity contribution in [3.8, 4) is 0 Å². The Morgan fingerprint density at radius 1 is 1.53 bits per heavy atom. The molecule has 1 atom stereocenters. The van der Waals surface area contributed by atoms with Crippen molar-refractivity contribution < 1.29 is 9.90 Å². The highest BCUT2D eigenvalue weighted by atomic mass is 32.2. The van der Waals surface area contributed by atoms with Crippen LogP contribution in [0.25, 0.3) is 0 Å². The van der Waals surface area contributed by atoms with E-state index in [1.54, 1.807) is 0 Å². The number of hydrogen-bond donors (Lipinski definition) is 1. The molecule has 1 aromatic rings. The van der Waals surface area contributed by atoms with Crippen molar-refractivity contribution in [2.24, 2.45) is 0 Å². The van der Waals surface area contributed by atoms with Gasteiger partial charge in [-0.05, 0) is 38.0 Å². The van der Waals surface area contributed by atoms with E-state index >= 15 is 0 Å². The van der Waals surface area contributed by atoms with Crippen molar-refractivity contribution >= 4 is 17.7 Å². The summed E-state index contributed by atoms with van der Waals surface area (Å²) in [4.78, 5) is 15.2. The summed E-state index contributed by atoms with van der Waals surface area (Å²) in [7, 11) is 0. The number of carboxylic acids is 1. The molecule has 0 bridgehead atoms. The van der Waals surface area contributed by atoms with Crippen molar-refractivity contribution in [2.75, 3.05) is 0 Å². The number of hydrogen-bond acceptors (Lipinski definition) is 3. The smallest absolute Gasteiger partial charge is 0.317 e. The molecular weight excluding hydrogens is 210 g/mol. The van der Waals surface area contributed by atoms with Gasteiger partial charge < -0.3 is 5.11 Å². The van der Waals surface area contributed by atoms with E-state index in [0.29, 0.717) is 6.42 Å². The molecular formula is C11H15NO2S. The van der Waals surface area contributed by atoms with Gasteiger partial charge >= 0.3 is 5.97 Å². The molecule has 1 unspecified atom stereocenters. The van der Waals surface area contributed by atoms with Crippen molar-refractivity contribution in [2.45, 2.75) is 37.5 Å². The van der Waals surface area contributed by atoms with E-state index in [1.165, 1.54) is 11.8 Å². The SMILES string of the molecule is CCC(Sc1cc(C)cc(C)n1)C(=O)O. The summed E-state index contributed by atoms with van der Waals surface area (Å²) in [5, 5.41) is 9.31. The molecule has 0 aromatic carbocycles. The van der Waals surface area contributed by atoms with Crippen LogP contribution < -0.4 is 0 Å². The molecule has 1 heterocycles. The summed E-state index contributed by atoms with van der Waals surface area (Å²) >= 11 is 1.31. The number of thioether (sulfide) groups is 1. The minimum absolute atomic E-state index is 0.404. The summed E-state index contributed by atoms with van der Waals surface area (Å²) in [6.45, 7) is 5.77. The molecule has 0 amide bonds. The Labute approximate surface area is 93.9 Å². The van der Waals surface area contributed by atoms with Crippen LogP contribution in [-0.4, -0.2) is 21.3 Å². The number of aliphatic carboxylic acids is 1. The second-order valence-corrected chi connectivity index (χ2v) is 4.70. The molecule has 3 nitrogen and oxygen atoms in total. The second kappa shape index (κ2) is 5.16. The molecule has 1 rings (SSSR count). The normalized spacial score (nSPS) is 12.5. The lowest BCUT2D eigenvalue weighted by Crippen LogP contribution is -2.15. The standard InChI is InChI=1S/C11H15NO2S/c1-4-9(11(13)14)15-10-6-7(2)5-8(3)12-10/h5-6,9H,4H2,1-3H3,(H,13,14). The molecule has 0 spiro atoms. The Hall–Kier alpha value is -1.03. The van der Waals surface area contributed by atoms with Gasteiger partial charge in [-0.25, -0.2) is 4.98 Å². The molecule has 0 aliphatic heterocycles. The Kier molecular flexibility index (Phi) is 4.15. The maximum atomic E-state index is 10.9. The fourth-order valence-electron chi connectivity index (χ4n) is 1.32. The fourth-order valence-corrected chi connectivity index (χ4v) is 2.33. The average molecular weight is 225 g/mol. The zero-order chi connectivity index (χ0) is 11.4. The Balaban J connectivity index is 2.83. The number of carboxylic acid groups (broad SMARTS) is 1. The van der Waals surface area contributed by atoms with Gasteiger partial charge in [0.25, 0.3) is 0 Å². The van der Waals surface area contributed by atoms with E-state index in [-0.39, 0.29) is 0 Å². The van der Waals surface area contributed by atoms with Gasteiger partial charge in [-0.15, -0.1) is 0 Å². The van der Waals surface area contributed by atoms with Gasteiger partial charge in [-0.2, -0.15) is 0 Å². The topological polar surface area (TPSA) is 50.2 Å². The highest BCUT2D eigenvalue weighted by Crippen LogP contribution is 2.24. The van der Waals surface area contributed by atoms with Crippen LogP contribution in [0.2, 0.25) is 0 Å². The van der Waals surface area contributed by atoms with Crippen LogP contribution in [0.4, 0.5) is 0 Å². The molecule has 82 valence electrons. The summed E-state index contributed by atoms with van der Waals surface area (Å²) < 4.78 is 0. The molecule has 4 heteroatoms. The highest BCUT2D eigenvalue weighted by molar-refractivity contribution is 8.00. The third kappa shape index (κ3) is 3.55. The number of nitrogens with zero attached hydrogens (tertiary/aromatic N) is 1. The number of aromatic nitrogens is 1. The van der Waals surface area contributed by atoms with Crippen molar-refractivity contribution in [1.82, 2.24) is 4.98 Å². The van der Waals surface area contributed by atoms with Crippen LogP contribution in [0, 0.1) is 13.8 Å². The van der Waals surface area contributed by atoms with E-state index in [2.05, 4.69) is 4.98 Å². The van der Waals surface area contributed by atoms with Gasteiger partial charge in [-0.1, -0.05) is 18.7 Å².